The summed E-state index contributed by atoms with van der Waals surface area (Å²) >= 11 is 18.8. The lowest BCUT2D eigenvalue weighted by Gasteiger charge is -2.12. The number of rotatable bonds is 7. The number of aromatic nitrogens is 1. The van der Waals surface area contributed by atoms with E-state index in [-0.39, 0.29) is 49.3 Å². The van der Waals surface area contributed by atoms with Crippen molar-refractivity contribution in [3.63, 3.8) is 0 Å². The molecule has 3 aromatic carbocycles. The van der Waals surface area contributed by atoms with Crippen LogP contribution in [-0.4, -0.2) is 30.2 Å². The highest BCUT2D eigenvalue weighted by Gasteiger charge is 2.32. The lowest BCUT2D eigenvalue weighted by Crippen LogP contribution is -2.20. The van der Waals surface area contributed by atoms with E-state index in [1.807, 2.05) is 6.92 Å². The van der Waals surface area contributed by atoms with Crippen LogP contribution in [0.1, 0.15) is 34.1 Å². The Labute approximate surface area is 229 Å². The SMILES string of the molecule is CCOC(=O)c1c(/C=C(\C(=O)Cl)c2ccccc2)c2c(Cl)cc(Cl)cc2n1S(=O)(=O)c1ccc(C)cc1. The Kier molecular flexibility index (Phi) is 7.80. The van der Waals surface area contributed by atoms with Crippen LogP contribution in [0.15, 0.2) is 71.6 Å². The molecule has 0 aliphatic heterocycles. The van der Waals surface area contributed by atoms with Gasteiger partial charge in [0, 0.05) is 21.5 Å². The second-order valence-electron chi connectivity index (χ2n) is 8.04. The summed E-state index contributed by atoms with van der Waals surface area (Å²) in [5.41, 5.74) is 1.11. The molecule has 4 rings (SSSR count). The van der Waals surface area contributed by atoms with Gasteiger partial charge in [-0.2, -0.15) is 0 Å². The van der Waals surface area contributed by atoms with Crippen molar-refractivity contribution in [3.8, 4) is 0 Å². The topological polar surface area (TPSA) is 82.4 Å². The van der Waals surface area contributed by atoms with Crippen LogP contribution in [0.2, 0.25) is 10.0 Å². The number of fused-ring (bicyclic) bond motifs is 1. The predicted octanol–water partition coefficient (Wildman–Crippen LogP) is 6.98. The van der Waals surface area contributed by atoms with E-state index < -0.39 is 21.2 Å². The van der Waals surface area contributed by atoms with Crippen LogP contribution in [0.25, 0.3) is 22.6 Å². The summed E-state index contributed by atoms with van der Waals surface area (Å²) in [7, 11) is -4.36. The van der Waals surface area contributed by atoms with Gasteiger partial charge in [-0.15, -0.1) is 0 Å². The number of nitrogens with zero attached hydrogens (tertiary/aromatic N) is 1. The molecular weight excluding hydrogens is 557 g/mol. The third kappa shape index (κ3) is 5.18. The summed E-state index contributed by atoms with van der Waals surface area (Å²) in [5.74, 6) is -0.928. The summed E-state index contributed by atoms with van der Waals surface area (Å²) in [6.45, 7) is 3.39. The Morgan fingerprint density at radius 1 is 1.00 bits per heavy atom. The Morgan fingerprint density at radius 2 is 1.65 bits per heavy atom. The molecule has 0 aliphatic rings. The van der Waals surface area contributed by atoms with Crippen molar-refractivity contribution in [2.75, 3.05) is 6.61 Å². The Bertz CT molecular complexity index is 1660. The fourth-order valence-electron chi connectivity index (χ4n) is 3.95. The molecule has 0 N–H and O–H groups in total. The predicted molar refractivity (Wildman–Crippen MR) is 147 cm³/mol. The van der Waals surface area contributed by atoms with Crippen molar-refractivity contribution in [2.24, 2.45) is 0 Å². The van der Waals surface area contributed by atoms with E-state index in [2.05, 4.69) is 0 Å². The second kappa shape index (κ2) is 10.7. The number of hydrogen-bond acceptors (Lipinski definition) is 5. The van der Waals surface area contributed by atoms with E-state index in [0.29, 0.717) is 5.56 Å². The lowest BCUT2D eigenvalue weighted by molar-refractivity contribution is -0.106. The average Bonchev–Trinajstić information content (AvgIpc) is 3.18. The van der Waals surface area contributed by atoms with Crippen molar-refractivity contribution in [2.45, 2.75) is 18.7 Å². The van der Waals surface area contributed by atoms with Gasteiger partial charge in [0.25, 0.3) is 15.3 Å². The number of ether oxygens (including phenoxy) is 1. The molecule has 0 unspecified atom stereocenters. The van der Waals surface area contributed by atoms with Crippen LogP contribution in [-0.2, 0) is 19.6 Å². The molecule has 0 fully saturated rings. The summed E-state index contributed by atoms with van der Waals surface area (Å²) in [4.78, 5) is 25.8. The first kappa shape index (κ1) is 26.9. The Morgan fingerprint density at radius 3 is 2.24 bits per heavy atom. The number of esters is 1. The van der Waals surface area contributed by atoms with Gasteiger partial charge in [0.15, 0.2) is 5.69 Å². The van der Waals surface area contributed by atoms with Crippen molar-refractivity contribution in [1.29, 1.82) is 0 Å². The highest BCUT2D eigenvalue weighted by atomic mass is 35.5. The van der Waals surface area contributed by atoms with Crippen LogP contribution in [0.5, 0.6) is 0 Å². The maximum absolute atomic E-state index is 14.0. The van der Waals surface area contributed by atoms with E-state index in [9.17, 15) is 18.0 Å². The second-order valence-corrected chi connectivity index (χ2v) is 11.0. The average molecular weight is 577 g/mol. The molecule has 1 aromatic heterocycles. The molecule has 0 saturated heterocycles. The van der Waals surface area contributed by atoms with E-state index >= 15 is 0 Å². The molecule has 190 valence electrons. The molecule has 0 spiro atoms. The number of allylic oxidation sites excluding steroid dienone is 1. The van der Waals surface area contributed by atoms with E-state index in [4.69, 9.17) is 39.5 Å². The van der Waals surface area contributed by atoms with Crippen molar-refractivity contribution in [1.82, 2.24) is 3.97 Å². The number of hydrogen-bond donors (Lipinski definition) is 0. The van der Waals surface area contributed by atoms with Gasteiger partial charge in [-0.1, -0.05) is 71.2 Å². The number of halogens is 3. The minimum atomic E-state index is -4.36. The molecule has 0 aliphatic carbocycles. The van der Waals surface area contributed by atoms with Crippen molar-refractivity contribution < 1.29 is 22.7 Å². The molecule has 0 amide bonds. The monoisotopic (exact) mass is 575 g/mol. The Balaban J connectivity index is 2.19. The lowest BCUT2D eigenvalue weighted by atomic mass is 10.0. The highest BCUT2D eigenvalue weighted by molar-refractivity contribution is 7.90. The molecule has 0 atom stereocenters. The van der Waals surface area contributed by atoms with Crippen LogP contribution in [0.3, 0.4) is 0 Å². The third-order valence-electron chi connectivity index (χ3n) is 5.59. The summed E-state index contributed by atoms with van der Waals surface area (Å²) in [6.07, 6.45) is 1.35. The zero-order valence-corrected chi connectivity index (χ0v) is 22.8. The fraction of sp³-hybridized carbons (Fsp3) is 0.111. The van der Waals surface area contributed by atoms with Crippen LogP contribution >= 0.6 is 34.8 Å². The normalized spacial score (nSPS) is 12.1. The molecular formula is C27H20Cl3NO5S. The molecule has 1 heterocycles. The zero-order chi connectivity index (χ0) is 26.9. The summed E-state index contributed by atoms with van der Waals surface area (Å²) in [5, 5.41) is -0.394. The van der Waals surface area contributed by atoms with Crippen molar-refractivity contribution >= 4 is 78.6 Å². The third-order valence-corrected chi connectivity index (χ3v) is 8.04. The maximum atomic E-state index is 14.0. The first-order valence-electron chi connectivity index (χ1n) is 11.1. The molecule has 37 heavy (non-hydrogen) atoms. The van der Waals surface area contributed by atoms with E-state index in [1.165, 1.54) is 30.3 Å². The standard InChI is InChI=1S/C27H20Cl3NO5S/c1-3-36-27(33)25-21(15-20(26(30)32)17-7-5-4-6-8-17)24-22(29)13-18(28)14-23(24)31(25)37(34,35)19-11-9-16(2)10-12-19/h4-15H,3H2,1-2H3/b20-15-. The first-order chi connectivity index (χ1) is 17.6. The number of aryl methyl sites for hydroxylation is 1. The minimum absolute atomic E-state index is 0.0252. The largest absolute Gasteiger partial charge is 0.461 e. The van der Waals surface area contributed by atoms with Gasteiger partial charge in [0.05, 0.1) is 22.0 Å². The van der Waals surface area contributed by atoms with E-state index in [1.54, 1.807) is 49.4 Å². The number of carbonyl (C=O) groups is 2. The van der Waals surface area contributed by atoms with E-state index in [0.717, 1.165) is 9.54 Å². The van der Waals surface area contributed by atoms with Gasteiger partial charge in [0.2, 0.25) is 0 Å². The molecule has 0 bridgehead atoms. The first-order valence-corrected chi connectivity index (χ1v) is 13.6. The Hall–Kier alpha value is -3.10. The minimum Gasteiger partial charge on any atom is -0.461 e. The quantitative estimate of drug-likeness (QED) is 0.135. The van der Waals surface area contributed by atoms with Gasteiger partial charge < -0.3 is 4.74 Å². The van der Waals surface area contributed by atoms with Crippen molar-refractivity contribution in [3.05, 3.63) is 99.2 Å². The smallest absolute Gasteiger partial charge is 0.356 e. The maximum Gasteiger partial charge on any atom is 0.356 e. The van der Waals surface area contributed by atoms with Gasteiger partial charge in [-0.05, 0) is 61.4 Å². The molecule has 4 aromatic rings. The van der Waals surface area contributed by atoms with Crippen LogP contribution < -0.4 is 0 Å². The molecule has 0 radical (unpaired) electrons. The summed E-state index contributed by atoms with van der Waals surface area (Å²) in [6, 6.07) is 17.5. The highest BCUT2D eigenvalue weighted by Crippen LogP contribution is 2.39. The van der Waals surface area contributed by atoms with Gasteiger partial charge in [-0.25, -0.2) is 17.2 Å². The molecule has 6 nitrogen and oxygen atoms in total. The molecule has 0 saturated carbocycles. The van der Waals surface area contributed by atoms with Gasteiger partial charge >= 0.3 is 5.97 Å². The molecule has 10 heteroatoms. The number of carbonyl (C=O) groups excluding carboxylic acids is 2. The van der Waals surface area contributed by atoms with Crippen LogP contribution in [0.4, 0.5) is 0 Å². The van der Waals surface area contributed by atoms with Gasteiger partial charge in [0.1, 0.15) is 0 Å². The van der Waals surface area contributed by atoms with Crippen LogP contribution in [0, 0.1) is 6.92 Å². The summed E-state index contributed by atoms with van der Waals surface area (Å²) < 4.78 is 34.1. The van der Waals surface area contributed by atoms with Gasteiger partial charge in [-0.3, -0.25) is 4.79 Å². The number of benzene rings is 3. The fourth-order valence-corrected chi connectivity index (χ4v) is 6.20. The zero-order valence-electron chi connectivity index (χ0n) is 19.7.